The fourth-order valence-corrected chi connectivity index (χ4v) is 4.31. The first-order valence-electron chi connectivity index (χ1n) is 10.5. The second-order valence-electron chi connectivity index (χ2n) is 7.70. The van der Waals surface area contributed by atoms with Gasteiger partial charge >= 0.3 is 6.89 Å². The van der Waals surface area contributed by atoms with E-state index < -0.39 is 6.89 Å². The topological polar surface area (TPSA) is 40.8 Å². The van der Waals surface area contributed by atoms with Crippen molar-refractivity contribution >= 4 is 18.2 Å². The molecule has 156 valence electrons. The molecule has 0 aliphatic carbocycles. The zero-order chi connectivity index (χ0) is 21.5. The van der Waals surface area contributed by atoms with Gasteiger partial charge in [-0.1, -0.05) is 48.5 Å². The Balaban J connectivity index is 1.60. The predicted octanol–water partition coefficient (Wildman–Crippen LogP) is 4.68. The molecule has 0 fully saturated rings. The maximum absolute atomic E-state index is 6.69. The van der Waals surface area contributed by atoms with Crippen molar-refractivity contribution in [2.24, 2.45) is 0 Å². The van der Waals surface area contributed by atoms with Crippen molar-refractivity contribution in [2.45, 2.75) is 0 Å². The Hall–Kier alpha value is -4.19. The third kappa shape index (κ3) is 2.84. The van der Waals surface area contributed by atoms with Crippen molar-refractivity contribution in [1.82, 2.24) is 0 Å². The highest BCUT2D eigenvalue weighted by atomic mass is 16.8. The fraction of sp³-hybridized carbons (Fsp3) is 0.0385. The SMILES string of the molecule is COc1ccc(C2=C(c3ccccc3)c3cccc[n+]3[B-]3(O2)Oc2ccccc2O3)cc1. The van der Waals surface area contributed by atoms with Crippen LogP contribution in [0.2, 0.25) is 0 Å². The zero-order valence-electron chi connectivity index (χ0n) is 17.5. The van der Waals surface area contributed by atoms with E-state index in [1.807, 2.05) is 89.5 Å². The van der Waals surface area contributed by atoms with E-state index in [1.54, 1.807) is 7.11 Å². The molecular formula is C26H20BNO4. The van der Waals surface area contributed by atoms with E-state index in [2.05, 4.69) is 18.2 Å². The summed E-state index contributed by atoms with van der Waals surface area (Å²) in [5.41, 5.74) is 3.86. The van der Waals surface area contributed by atoms with Crippen molar-refractivity contribution in [3.8, 4) is 17.2 Å². The van der Waals surface area contributed by atoms with Crippen molar-refractivity contribution < 1.29 is 23.2 Å². The van der Waals surface area contributed by atoms with Gasteiger partial charge in [0.15, 0.2) is 5.69 Å². The van der Waals surface area contributed by atoms with E-state index >= 15 is 0 Å². The number of hydrogen-bond donors (Lipinski definition) is 0. The van der Waals surface area contributed by atoms with Crippen molar-refractivity contribution in [2.75, 3.05) is 7.11 Å². The predicted molar refractivity (Wildman–Crippen MR) is 122 cm³/mol. The van der Waals surface area contributed by atoms with Crippen LogP contribution >= 0.6 is 0 Å². The Morgan fingerprint density at radius 2 is 1.31 bits per heavy atom. The standard InChI is InChI=1S/C26H20BNO4/c1-29-21-16-14-20(15-17-21)26-25(19-9-3-2-4-10-19)22-11-7-8-18-28(22)27(32-26)30-23-12-5-6-13-24(23)31-27/h2-18H,1H3. The minimum Gasteiger partial charge on any atom is -0.581 e. The first-order chi connectivity index (χ1) is 15.8. The van der Waals surface area contributed by atoms with Gasteiger partial charge in [-0.15, -0.1) is 0 Å². The molecule has 2 aliphatic heterocycles. The molecule has 3 heterocycles. The molecule has 0 N–H and O–H groups in total. The highest BCUT2D eigenvalue weighted by Crippen LogP contribution is 2.43. The Kier molecular flexibility index (Phi) is 4.18. The van der Waals surface area contributed by atoms with Crippen LogP contribution in [0.15, 0.2) is 103 Å². The number of methoxy groups -OCH3 is 1. The van der Waals surface area contributed by atoms with Gasteiger partial charge in [0.1, 0.15) is 29.2 Å². The third-order valence-corrected chi connectivity index (χ3v) is 5.80. The van der Waals surface area contributed by atoms with Gasteiger partial charge in [0.25, 0.3) is 0 Å². The van der Waals surface area contributed by atoms with Gasteiger partial charge in [0.05, 0.1) is 12.7 Å². The quantitative estimate of drug-likeness (QED) is 0.451. The number of para-hydroxylation sites is 2. The molecule has 1 aromatic heterocycles. The van der Waals surface area contributed by atoms with Gasteiger partial charge < -0.3 is 18.7 Å². The van der Waals surface area contributed by atoms with E-state index in [0.29, 0.717) is 17.3 Å². The summed E-state index contributed by atoms with van der Waals surface area (Å²) in [5.74, 6) is 2.79. The molecule has 4 aromatic rings. The van der Waals surface area contributed by atoms with E-state index in [0.717, 1.165) is 28.1 Å². The number of fused-ring (bicyclic) bond motifs is 3. The van der Waals surface area contributed by atoms with Gasteiger partial charge in [-0.25, -0.2) is 0 Å². The molecule has 2 aliphatic rings. The molecule has 32 heavy (non-hydrogen) atoms. The van der Waals surface area contributed by atoms with Crippen LogP contribution in [0.5, 0.6) is 17.2 Å². The van der Waals surface area contributed by atoms with E-state index in [9.17, 15) is 0 Å². The van der Waals surface area contributed by atoms with Gasteiger partial charge in [-0.05, 0) is 48.0 Å². The number of benzene rings is 3. The molecule has 6 heteroatoms. The Labute approximate surface area is 186 Å². The van der Waals surface area contributed by atoms with Crippen LogP contribution in [-0.2, 0) is 4.65 Å². The zero-order valence-corrected chi connectivity index (χ0v) is 17.5. The lowest BCUT2D eigenvalue weighted by molar-refractivity contribution is -0.588. The lowest BCUT2D eigenvalue weighted by Gasteiger charge is -2.36. The molecule has 0 unspecified atom stereocenters. The summed E-state index contributed by atoms with van der Waals surface area (Å²) < 4.78 is 26.7. The molecule has 0 saturated carbocycles. The number of pyridine rings is 1. The average molecular weight is 421 g/mol. The highest BCUT2D eigenvalue weighted by molar-refractivity contribution is 6.56. The summed E-state index contributed by atoms with van der Waals surface area (Å²) in [5, 5.41) is 0. The molecule has 0 saturated heterocycles. The Morgan fingerprint density at radius 1 is 0.656 bits per heavy atom. The van der Waals surface area contributed by atoms with Crippen molar-refractivity contribution in [3.05, 3.63) is 120 Å². The van der Waals surface area contributed by atoms with Crippen molar-refractivity contribution in [1.29, 1.82) is 0 Å². The second-order valence-corrected chi connectivity index (χ2v) is 7.70. The number of hydrogen-bond acceptors (Lipinski definition) is 4. The first kappa shape index (κ1) is 18.6. The fourth-order valence-electron chi connectivity index (χ4n) is 4.31. The molecule has 5 nitrogen and oxygen atoms in total. The van der Waals surface area contributed by atoms with Gasteiger partial charge in [-0.3, -0.25) is 4.48 Å². The largest absolute Gasteiger partial charge is 0.878 e. The summed E-state index contributed by atoms with van der Waals surface area (Å²) >= 11 is 0. The van der Waals surface area contributed by atoms with E-state index in [4.69, 9.17) is 18.7 Å². The maximum atomic E-state index is 6.69. The monoisotopic (exact) mass is 421 g/mol. The van der Waals surface area contributed by atoms with Gasteiger partial charge in [0, 0.05) is 11.6 Å². The Morgan fingerprint density at radius 3 is 2.00 bits per heavy atom. The molecule has 0 amide bonds. The third-order valence-electron chi connectivity index (χ3n) is 5.80. The molecule has 0 atom stereocenters. The van der Waals surface area contributed by atoms with E-state index in [-0.39, 0.29) is 0 Å². The minimum absolute atomic E-state index is 0.659. The average Bonchev–Trinajstić information content (AvgIpc) is 3.23. The number of ether oxygens (including phenoxy) is 1. The molecule has 6 rings (SSSR count). The highest BCUT2D eigenvalue weighted by Gasteiger charge is 2.60. The smallest absolute Gasteiger partial charge is 0.581 e. The lowest BCUT2D eigenvalue weighted by atomic mass is 9.86. The summed E-state index contributed by atoms with van der Waals surface area (Å²) in [7, 11) is 1.66. The van der Waals surface area contributed by atoms with Gasteiger partial charge in [-0.2, -0.15) is 0 Å². The summed E-state index contributed by atoms with van der Waals surface area (Å²) in [6.07, 6.45) is 1.94. The minimum atomic E-state index is -2.32. The normalized spacial score (nSPS) is 15.3. The molecule has 0 radical (unpaired) electrons. The Bertz CT molecular complexity index is 1310. The molecular weight excluding hydrogens is 401 g/mol. The van der Waals surface area contributed by atoms with Crippen LogP contribution in [0.3, 0.4) is 0 Å². The van der Waals surface area contributed by atoms with Gasteiger partial charge in [0.2, 0.25) is 0 Å². The summed E-state index contributed by atoms with van der Waals surface area (Å²) in [6.45, 7) is -2.32. The summed E-state index contributed by atoms with van der Waals surface area (Å²) in [4.78, 5) is 0. The molecule has 1 spiro atoms. The number of aromatic nitrogens is 1. The summed E-state index contributed by atoms with van der Waals surface area (Å²) in [6, 6.07) is 31.7. The van der Waals surface area contributed by atoms with Crippen LogP contribution < -0.4 is 18.5 Å². The van der Waals surface area contributed by atoms with Crippen LogP contribution in [0.1, 0.15) is 16.8 Å². The number of rotatable bonds is 3. The van der Waals surface area contributed by atoms with Crippen LogP contribution in [0, 0.1) is 0 Å². The van der Waals surface area contributed by atoms with Crippen molar-refractivity contribution in [3.63, 3.8) is 0 Å². The van der Waals surface area contributed by atoms with Crippen LogP contribution in [0.25, 0.3) is 11.3 Å². The molecule has 3 aromatic carbocycles. The van der Waals surface area contributed by atoms with Crippen LogP contribution in [-0.4, -0.2) is 14.0 Å². The molecule has 0 bridgehead atoms. The maximum Gasteiger partial charge on any atom is 0.878 e. The second kappa shape index (κ2) is 7.20. The number of nitrogens with zero attached hydrogens (tertiary/aromatic N) is 1. The van der Waals surface area contributed by atoms with Crippen LogP contribution in [0.4, 0.5) is 0 Å². The van der Waals surface area contributed by atoms with E-state index in [1.165, 1.54) is 0 Å². The first-order valence-corrected chi connectivity index (χ1v) is 10.5. The lowest BCUT2D eigenvalue weighted by Crippen LogP contribution is -2.75.